The van der Waals surface area contributed by atoms with Crippen molar-refractivity contribution < 1.29 is 9.90 Å². The molecule has 1 aromatic rings. The summed E-state index contributed by atoms with van der Waals surface area (Å²) in [5.74, 6) is -0.0243. The highest BCUT2D eigenvalue weighted by Crippen LogP contribution is 2.32. The first-order valence-corrected chi connectivity index (χ1v) is 8.41. The van der Waals surface area contributed by atoms with Crippen LogP contribution in [-0.2, 0) is 11.2 Å². The van der Waals surface area contributed by atoms with Gasteiger partial charge in [-0.25, -0.2) is 0 Å². The normalized spacial score (nSPS) is 20.7. The maximum Gasteiger partial charge on any atom is 0.222 e. The Hall–Kier alpha value is -1.55. The van der Waals surface area contributed by atoms with Crippen LogP contribution in [0.2, 0.25) is 0 Å². The average Bonchev–Trinajstić information content (AvgIpc) is 3.11. The first kappa shape index (κ1) is 15.3. The van der Waals surface area contributed by atoms with Crippen LogP contribution in [0.3, 0.4) is 0 Å². The molecule has 4 nitrogen and oxygen atoms in total. The largest absolute Gasteiger partial charge is 0.389 e. The predicted octanol–water partition coefficient (Wildman–Crippen LogP) is 2.25. The summed E-state index contributed by atoms with van der Waals surface area (Å²) >= 11 is 0. The van der Waals surface area contributed by atoms with E-state index in [0.29, 0.717) is 6.54 Å². The molecule has 2 N–H and O–H groups in total. The highest BCUT2D eigenvalue weighted by atomic mass is 16.3. The van der Waals surface area contributed by atoms with Gasteiger partial charge in [0.1, 0.15) is 0 Å². The Kier molecular flexibility index (Phi) is 4.39. The van der Waals surface area contributed by atoms with Gasteiger partial charge < -0.3 is 15.3 Å². The van der Waals surface area contributed by atoms with E-state index in [1.807, 2.05) is 0 Å². The van der Waals surface area contributed by atoms with E-state index in [-0.39, 0.29) is 18.4 Å². The molecule has 1 atom stereocenters. The summed E-state index contributed by atoms with van der Waals surface area (Å²) in [5, 5.41) is 13.3. The van der Waals surface area contributed by atoms with E-state index >= 15 is 0 Å². The molecule has 1 unspecified atom stereocenters. The van der Waals surface area contributed by atoms with Crippen LogP contribution >= 0.6 is 0 Å². The molecular weight excluding hydrogens is 276 g/mol. The van der Waals surface area contributed by atoms with Gasteiger partial charge >= 0.3 is 0 Å². The number of rotatable bonds is 5. The summed E-state index contributed by atoms with van der Waals surface area (Å²) in [6, 6.07) is 8.75. The standard InChI is InChI=1S/C18H26N2O2/c1-14(20-11-8-15-6-2-3-7-16(15)20)13-19-17(21)12-18(22)9-4-5-10-18/h2-3,6-7,14,22H,4-5,8-13H2,1H3,(H,19,21). The van der Waals surface area contributed by atoms with Gasteiger partial charge in [0, 0.05) is 24.8 Å². The maximum atomic E-state index is 12.1. The van der Waals surface area contributed by atoms with Gasteiger partial charge in [0.2, 0.25) is 5.91 Å². The van der Waals surface area contributed by atoms with Crippen molar-refractivity contribution in [3.05, 3.63) is 29.8 Å². The Bertz CT molecular complexity index is 538. The van der Waals surface area contributed by atoms with Crippen LogP contribution in [0.25, 0.3) is 0 Å². The van der Waals surface area contributed by atoms with Gasteiger partial charge in [0.05, 0.1) is 12.0 Å². The van der Waals surface area contributed by atoms with Crippen LogP contribution in [-0.4, -0.2) is 35.7 Å². The van der Waals surface area contributed by atoms with Crippen LogP contribution in [0.1, 0.15) is 44.6 Å². The number of nitrogens with one attached hydrogen (secondary N) is 1. The van der Waals surface area contributed by atoms with Crippen molar-refractivity contribution in [1.82, 2.24) is 5.32 Å². The van der Waals surface area contributed by atoms with Crippen LogP contribution < -0.4 is 10.2 Å². The molecule has 0 aromatic heterocycles. The molecule has 3 rings (SSSR count). The lowest BCUT2D eigenvalue weighted by Gasteiger charge is -2.28. The maximum absolute atomic E-state index is 12.1. The van der Waals surface area contributed by atoms with Gasteiger partial charge in [0.25, 0.3) is 0 Å². The molecule has 1 heterocycles. The lowest BCUT2D eigenvalue weighted by atomic mass is 9.97. The Balaban J connectivity index is 1.50. The van der Waals surface area contributed by atoms with Crippen LogP contribution in [0.4, 0.5) is 5.69 Å². The van der Waals surface area contributed by atoms with Crippen LogP contribution in [0.5, 0.6) is 0 Å². The van der Waals surface area contributed by atoms with Gasteiger partial charge in [-0.05, 0) is 37.8 Å². The number of hydrogen-bond acceptors (Lipinski definition) is 3. The number of aliphatic hydroxyl groups is 1. The average molecular weight is 302 g/mol. The molecule has 0 saturated heterocycles. The lowest BCUT2D eigenvalue weighted by molar-refractivity contribution is -0.125. The number of hydrogen-bond donors (Lipinski definition) is 2. The summed E-state index contributed by atoms with van der Waals surface area (Å²) in [4.78, 5) is 14.4. The second kappa shape index (κ2) is 6.29. The molecule has 1 aromatic carbocycles. The Morgan fingerprint density at radius 2 is 2.09 bits per heavy atom. The number of anilines is 1. The third kappa shape index (κ3) is 3.27. The molecule has 0 bridgehead atoms. The van der Waals surface area contributed by atoms with E-state index in [0.717, 1.165) is 38.6 Å². The molecule has 22 heavy (non-hydrogen) atoms. The summed E-state index contributed by atoms with van der Waals surface area (Å²) in [6.07, 6.45) is 4.91. The number of carbonyl (C=O) groups excluding carboxylic acids is 1. The fourth-order valence-corrected chi connectivity index (χ4v) is 3.76. The summed E-state index contributed by atoms with van der Waals surface area (Å²) in [5.41, 5.74) is 1.92. The molecule has 120 valence electrons. The van der Waals surface area contributed by atoms with Crippen molar-refractivity contribution in [2.24, 2.45) is 0 Å². The Labute approximate surface area is 132 Å². The van der Waals surface area contributed by atoms with Crippen molar-refractivity contribution in [3.63, 3.8) is 0 Å². The van der Waals surface area contributed by atoms with E-state index in [2.05, 4.69) is 41.4 Å². The highest BCUT2D eigenvalue weighted by molar-refractivity contribution is 5.77. The molecule has 1 fully saturated rings. The number of nitrogens with zero attached hydrogens (tertiary/aromatic N) is 1. The Morgan fingerprint density at radius 1 is 1.36 bits per heavy atom. The second-order valence-electron chi connectivity index (χ2n) is 6.83. The molecular formula is C18H26N2O2. The quantitative estimate of drug-likeness (QED) is 0.877. The fraction of sp³-hybridized carbons (Fsp3) is 0.611. The van der Waals surface area contributed by atoms with Crippen molar-refractivity contribution in [2.75, 3.05) is 18.0 Å². The van der Waals surface area contributed by atoms with Gasteiger partial charge in [-0.3, -0.25) is 4.79 Å². The van der Waals surface area contributed by atoms with E-state index in [9.17, 15) is 9.90 Å². The summed E-state index contributed by atoms with van der Waals surface area (Å²) < 4.78 is 0. The SMILES string of the molecule is CC(CNC(=O)CC1(O)CCCC1)N1CCc2ccccc21. The number of benzene rings is 1. The van der Waals surface area contributed by atoms with E-state index in [4.69, 9.17) is 0 Å². The van der Waals surface area contributed by atoms with Crippen molar-refractivity contribution in [3.8, 4) is 0 Å². The number of para-hydroxylation sites is 1. The lowest BCUT2D eigenvalue weighted by Crippen LogP contribution is -2.43. The molecule has 1 aliphatic heterocycles. The third-order valence-corrected chi connectivity index (χ3v) is 5.07. The van der Waals surface area contributed by atoms with Gasteiger partial charge in [0.15, 0.2) is 0 Å². The number of carbonyl (C=O) groups is 1. The van der Waals surface area contributed by atoms with Crippen molar-refractivity contribution in [2.45, 2.75) is 57.1 Å². The third-order valence-electron chi connectivity index (χ3n) is 5.07. The first-order valence-electron chi connectivity index (χ1n) is 8.41. The van der Waals surface area contributed by atoms with Crippen LogP contribution in [0, 0.1) is 0 Å². The molecule has 1 amide bonds. The highest BCUT2D eigenvalue weighted by Gasteiger charge is 2.33. The molecule has 0 radical (unpaired) electrons. The van der Waals surface area contributed by atoms with Gasteiger partial charge in [-0.1, -0.05) is 31.0 Å². The number of amides is 1. The summed E-state index contributed by atoms with van der Waals surface area (Å²) in [7, 11) is 0. The van der Waals surface area contributed by atoms with Crippen LogP contribution in [0.15, 0.2) is 24.3 Å². The number of fused-ring (bicyclic) bond motifs is 1. The first-order chi connectivity index (χ1) is 10.6. The minimum Gasteiger partial charge on any atom is -0.389 e. The monoisotopic (exact) mass is 302 g/mol. The van der Waals surface area contributed by atoms with Crippen molar-refractivity contribution >= 4 is 11.6 Å². The summed E-state index contributed by atoms with van der Waals surface area (Å²) in [6.45, 7) is 3.79. The Morgan fingerprint density at radius 3 is 2.86 bits per heavy atom. The minimum atomic E-state index is -0.756. The van der Waals surface area contributed by atoms with E-state index < -0.39 is 5.60 Å². The topological polar surface area (TPSA) is 52.6 Å². The zero-order valence-electron chi connectivity index (χ0n) is 13.3. The molecule has 4 heteroatoms. The smallest absolute Gasteiger partial charge is 0.222 e. The molecule has 2 aliphatic rings. The zero-order valence-corrected chi connectivity index (χ0v) is 13.3. The fourth-order valence-electron chi connectivity index (χ4n) is 3.76. The second-order valence-corrected chi connectivity index (χ2v) is 6.83. The minimum absolute atomic E-state index is 0.0243. The van der Waals surface area contributed by atoms with Gasteiger partial charge in [-0.15, -0.1) is 0 Å². The predicted molar refractivity (Wildman–Crippen MR) is 88.0 cm³/mol. The molecule has 1 aliphatic carbocycles. The van der Waals surface area contributed by atoms with Crippen molar-refractivity contribution in [1.29, 1.82) is 0 Å². The zero-order chi connectivity index (χ0) is 15.6. The van der Waals surface area contributed by atoms with Gasteiger partial charge in [-0.2, -0.15) is 0 Å². The van der Waals surface area contributed by atoms with E-state index in [1.165, 1.54) is 11.3 Å². The van der Waals surface area contributed by atoms with E-state index in [1.54, 1.807) is 0 Å². The molecule has 0 spiro atoms. The molecule has 1 saturated carbocycles.